The summed E-state index contributed by atoms with van der Waals surface area (Å²) in [6, 6.07) is 14.2. The standard InChI is InChI=1S/C21H26N6O2.C8H9NO2/c22-20(29)19-21(25-17(14-23-19)26-11-3-1-4-12-26)24-15-7-9-16(10-8-15)27-13-5-2-6-18(27)28;1-11-7-4-2-6(3-5-7)8(9)10/h7-10,14H,1-6,11-13H2,(H2,22,29)(H,24,25);2-5H,1H3,(H2,9,10). The Morgan fingerprint density at radius 3 is 2.15 bits per heavy atom. The van der Waals surface area contributed by atoms with Crippen molar-refractivity contribution in [1.82, 2.24) is 9.97 Å². The Kier molecular flexibility index (Phi) is 9.50. The van der Waals surface area contributed by atoms with Crippen molar-refractivity contribution in [2.75, 3.05) is 41.9 Å². The maximum Gasteiger partial charge on any atom is 0.271 e. The topological polar surface area (TPSA) is 157 Å². The predicted molar refractivity (Wildman–Crippen MR) is 154 cm³/mol. The van der Waals surface area contributed by atoms with Gasteiger partial charge in [-0.25, -0.2) is 9.97 Å². The molecule has 5 N–H and O–H groups in total. The zero-order valence-electron chi connectivity index (χ0n) is 22.6. The van der Waals surface area contributed by atoms with Gasteiger partial charge in [0.25, 0.3) is 5.91 Å². The number of benzene rings is 2. The van der Waals surface area contributed by atoms with Gasteiger partial charge in [-0.05, 0) is 80.6 Å². The fourth-order valence-electron chi connectivity index (χ4n) is 4.62. The molecule has 3 aromatic rings. The Bertz CT molecular complexity index is 1320. The Morgan fingerprint density at radius 1 is 0.875 bits per heavy atom. The number of aromatic nitrogens is 2. The molecule has 0 saturated carbocycles. The Labute approximate surface area is 233 Å². The first-order valence-electron chi connectivity index (χ1n) is 13.4. The molecule has 5 rings (SSSR count). The number of amides is 3. The zero-order valence-corrected chi connectivity index (χ0v) is 22.6. The SMILES string of the molecule is COc1ccc(C(N)=O)cc1.NC(=O)c1ncc(N2CCCCC2)nc1Nc1ccc(N2CCCCC2=O)cc1. The minimum atomic E-state index is -0.624. The number of carbonyl (C=O) groups is 3. The summed E-state index contributed by atoms with van der Waals surface area (Å²) in [4.78, 5) is 47.4. The molecule has 2 aromatic carbocycles. The Balaban J connectivity index is 0.000000283. The van der Waals surface area contributed by atoms with Crippen LogP contribution in [0.3, 0.4) is 0 Å². The number of nitrogens with one attached hydrogen (secondary N) is 1. The molecule has 11 nitrogen and oxygen atoms in total. The van der Waals surface area contributed by atoms with Crippen LogP contribution in [-0.4, -0.2) is 54.4 Å². The van der Waals surface area contributed by atoms with Crippen molar-refractivity contribution >= 4 is 40.7 Å². The van der Waals surface area contributed by atoms with Crippen LogP contribution in [-0.2, 0) is 4.79 Å². The summed E-state index contributed by atoms with van der Waals surface area (Å²) in [6.45, 7) is 2.62. The van der Waals surface area contributed by atoms with Crippen molar-refractivity contribution in [3.05, 3.63) is 66.0 Å². The van der Waals surface area contributed by atoms with Crippen molar-refractivity contribution in [2.24, 2.45) is 11.5 Å². The highest BCUT2D eigenvalue weighted by molar-refractivity contribution is 5.97. The third-order valence-corrected chi connectivity index (χ3v) is 6.81. The number of anilines is 4. The molecule has 210 valence electrons. The van der Waals surface area contributed by atoms with Crippen molar-refractivity contribution in [3.63, 3.8) is 0 Å². The average molecular weight is 546 g/mol. The monoisotopic (exact) mass is 545 g/mol. The molecule has 11 heteroatoms. The number of ether oxygens (including phenoxy) is 1. The summed E-state index contributed by atoms with van der Waals surface area (Å²) in [5.41, 5.74) is 12.8. The summed E-state index contributed by atoms with van der Waals surface area (Å²) < 4.78 is 4.90. The average Bonchev–Trinajstić information content (AvgIpc) is 2.98. The van der Waals surface area contributed by atoms with Gasteiger partial charge in [-0.3, -0.25) is 14.4 Å². The highest BCUT2D eigenvalue weighted by Crippen LogP contribution is 2.26. The van der Waals surface area contributed by atoms with E-state index in [-0.39, 0.29) is 11.6 Å². The fourth-order valence-corrected chi connectivity index (χ4v) is 4.62. The van der Waals surface area contributed by atoms with Crippen LogP contribution in [0.2, 0.25) is 0 Å². The van der Waals surface area contributed by atoms with E-state index in [9.17, 15) is 14.4 Å². The molecule has 2 aliphatic rings. The van der Waals surface area contributed by atoms with Gasteiger partial charge in [0.05, 0.1) is 13.3 Å². The van der Waals surface area contributed by atoms with Gasteiger partial charge in [0.2, 0.25) is 11.8 Å². The lowest BCUT2D eigenvalue weighted by atomic mass is 10.1. The van der Waals surface area contributed by atoms with Gasteiger partial charge >= 0.3 is 0 Å². The number of primary amides is 2. The molecule has 0 bridgehead atoms. The fraction of sp³-hybridized carbons (Fsp3) is 0.345. The second-order valence-electron chi connectivity index (χ2n) is 9.60. The quantitative estimate of drug-likeness (QED) is 0.406. The first-order chi connectivity index (χ1) is 19.4. The highest BCUT2D eigenvalue weighted by Gasteiger charge is 2.20. The summed E-state index contributed by atoms with van der Waals surface area (Å²) in [5, 5.41) is 3.17. The van der Waals surface area contributed by atoms with E-state index in [4.69, 9.17) is 16.2 Å². The lowest BCUT2D eigenvalue weighted by Crippen LogP contribution is -2.35. The molecule has 0 aliphatic carbocycles. The van der Waals surface area contributed by atoms with E-state index in [1.54, 1.807) is 37.6 Å². The molecule has 3 heterocycles. The Hall–Kier alpha value is -4.67. The van der Waals surface area contributed by atoms with E-state index in [1.165, 1.54) is 6.42 Å². The zero-order chi connectivity index (χ0) is 28.5. The van der Waals surface area contributed by atoms with Crippen molar-refractivity contribution in [3.8, 4) is 5.75 Å². The number of methoxy groups -OCH3 is 1. The summed E-state index contributed by atoms with van der Waals surface area (Å²) >= 11 is 0. The molecule has 0 atom stereocenters. The van der Waals surface area contributed by atoms with Crippen LogP contribution >= 0.6 is 0 Å². The number of hydrogen-bond donors (Lipinski definition) is 3. The maximum absolute atomic E-state index is 12.1. The van der Waals surface area contributed by atoms with Gasteiger partial charge < -0.3 is 31.3 Å². The molecule has 2 saturated heterocycles. The summed E-state index contributed by atoms with van der Waals surface area (Å²) in [7, 11) is 1.57. The van der Waals surface area contributed by atoms with Gasteiger partial charge in [0, 0.05) is 43.0 Å². The van der Waals surface area contributed by atoms with Gasteiger partial charge in [-0.15, -0.1) is 0 Å². The number of carbonyl (C=O) groups excluding carboxylic acids is 3. The van der Waals surface area contributed by atoms with Crippen LogP contribution in [0.1, 0.15) is 59.4 Å². The van der Waals surface area contributed by atoms with Gasteiger partial charge in [-0.2, -0.15) is 0 Å². The van der Waals surface area contributed by atoms with Crippen molar-refractivity contribution in [1.29, 1.82) is 0 Å². The summed E-state index contributed by atoms with van der Waals surface area (Å²) in [6.07, 6.45) is 7.66. The molecule has 3 amide bonds. The third-order valence-electron chi connectivity index (χ3n) is 6.81. The number of rotatable bonds is 7. The molecule has 2 fully saturated rings. The van der Waals surface area contributed by atoms with E-state index in [0.29, 0.717) is 17.8 Å². The van der Waals surface area contributed by atoms with Gasteiger partial charge in [0.15, 0.2) is 11.5 Å². The minimum absolute atomic E-state index is 0.112. The molecule has 1 aromatic heterocycles. The lowest BCUT2D eigenvalue weighted by Gasteiger charge is -2.28. The van der Waals surface area contributed by atoms with Crippen LogP contribution in [0.4, 0.5) is 23.0 Å². The largest absolute Gasteiger partial charge is 0.497 e. The van der Waals surface area contributed by atoms with E-state index < -0.39 is 11.8 Å². The van der Waals surface area contributed by atoms with Gasteiger partial charge in [-0.1, -0.05) is 0 Å². The smallest absolute Gasteiger partial charge is 0.271 e. The van der Waals surface area contributed by atoms with E-state index >= 15 is 0 Å². The van der Waals surface area contributed by atoms with Crippen LogP contribution < -0.4 is 31.3 Å². The highest BCUT2D eigenvalue weighted by atomic mass is 16.5. The van der Waals surface area contributed by atoms with Crippen molar-refractivity contribution < 1.29 is 19.1 Å². The molecule has 0 unspecified atom stereocenters. The number of hydrogen-bond acceptors (Lipinski definition) is 8. The second-order valence-corrected chi connectivity index (χ2v) is 9.60. The van der Waals surface area contributed by atoms with E-state index in [2.05, 4.69) is 20.2 Å². The molecule has 40 heavy (non-hydrogen) atoms. The normalized spacial score (nSPS) is 15.1. The second kappa shape index (κ2) is 13.4. The molecule has 0 radical (unpaired) electrons. The lowest BCUT2D eigenvalue weighted by molar-refractivity contribution is -0.119. The molecule has 2 aliphatic heterocycles. The molecular weight excluding hydrogens is 510 g/mol. The maximum atomic E-state index is 12.1. The first-order valence-corrected chi connectivity index (χ1v) is 13.4. The van der Waals surface area contributed by atoms with E-state index in [0.717, 1.165) is 68.3 Å². The minimum Gasteiger partial charge on any atom is -0.497 e. The van der Waals surface area contributed by atoms with Crippen LogP contribution in [0.15, 0.2) is 54.7 Å². The number of nitrogens with two attached hydrogens (primary N) is 2. The summed E-state index contributed by atoms with van der Waals surface area (Å²) in [5.74, 6) is 0.923. The van der Waals surface area contributed by atoms with Crippen LogP contribution in [0.25, 0.3) is 0 Å². The van der Waals surface area contributed by atoms with Crippen molar-refractivity contribution in [2.45, 2.75) is 38.5 Å². The number of nitrogens with zero attached hydrogens (tertiary/aromatic N) is 4. The Morgan fingerprint density at radius 2 is 1.55 bits per heavy atom. The van der Waals surface area contributed by atoms with Gasteiger partial charge in [0.1, 0.15) is 11.6 Å². The first kappa shape index (κ1) is 28.3. The third kappa shape index (κ3) is 7.25. The molecule has 0 spiro atoms. The predicted octanol–water partition coefficient (Wildman–Crippen LogP) is 3.62. The number of piperidine rings is 2. The molecular formula is C29H35N7O4. The van der Waals surface area contributed by atoms with Crippen LogP contribution in [0.5, 0.6) is 5.75 Å². The van der Waals surface area contributed by atoms with E-state index in [1.807, 2.05) is 29.2 Å². The van der Waals surface area contributed by atoms with Crippen LogP contribution in [0, 0.1) is 0 Å².